The van der Waals surface area contributed by atoms with Crippen molar-refractivity contribution in [2.75, 3.05) is 0 Å². The summed E-state index contributed by atoms with van der Waals surface area (Å²) in [6.07, 6.45) is 0. The number of halogens is 1. The molecule has 0 aliphatic rings. The third kappa shape index (κ3) is 3.47. The second-order valence-electron chi connectivity index (χ2n) is 7.79. The molecule has 0 fully saturated rings. The lowest BCUT2D eigenvalue weighted by molar-refractivity contribution is 0.100. The molecule has 0 bridgehead atoms. The number of aromatic nitrogens is 1. The lowest BCUT2D eigenvalue weighted by Crippen LogP contribution is -2.11. The first-order valence-electron chi connectivity index (χ1n) is 10.1. The zero-order valence-electron chi connectivity index (χ0n) is 17.0. The molecule has 1 heterocycles. The van der Waals surface area contributed by atoms with E-state index in [2.05, 4.69) is 47.9 Å². The summed E-state index contributed by atoms with van der Waals surface area (Å²) in [7, 11) is 0. The van der Waals surface area contributed by atoms with Crippen LogP contribution in [0.15, 0.2) is 78.9 Å². The summed E-state index contributed by atoms with van der Waals surface area (Å²) in [5.74, 6) is -0.435. The van der Waals surface area contributed by atoms with Crippen LogP contribution in [-0.2, 0) is 6.54 Å². The number of rotatable bonds is 4. The normalized spacial score (nSPS) is 11.3. The number of carbonyl (C=O) groups is 1. The lowest BCUT2D eigenvalue weighted by Gasteiger charge is -2.10. The first-order valence-corrected chi connectivity index (χ1v) is 10.5. The molecular weight excluding hydrogens is 404 g/mol. The minimum absolute atomic E-state index is 0.435. The zero-order chi connectivity index (χ0) is 21.5. The number of hydrogen-bond donors (Lipinski definition) is 1. The van der Waals surface area contributed by atoms with E-state index in [9.17, 15) is 4.79 Å². The van der Waals surface area contributed by atoms with Gasteiger partial charge in [0.15, 0.2) is 0 Å². The molecule has 1 amide bonds. The molecule has 1 aromatic heterocycles. The van der Waals surface area contributed by atoms with Gasteiger partial charge >= 0.3 is 0 Å². The standard InChI is InChI=1S/C27H20ClN2O/c1-17-5-7-18(8-6-17)16-30-24-4-2-3-23(27(29)31)26(24)22-14-11-20(15-25(22)30)19-9-12-21(28)13-10-19/h2-13,15H,16H2,1H3,(H2,29,31). The van der Waals surface area contributed by atoms with Crippen LogP contribution in [0.4, 0.5) is 0 Å². The van der Waals surface area contributed by atoms with Crippen molar-refractivity contribution in [3.05, 3.63) is 107 Å². The van der Waals surface area contributed by atoms with Gasteiger partial charge in [0.1, 0.15) is 0 Å². The van der Waals surface area contributed by atoms with E-state index < -0.39 is 5.91 Å². The van der Waals surface area contributed by atoms with Crippen LogP contribution in [0, 0.1) is 13.0 Å². The highest BCUT2D eigenvalue weighted by Crippen LogP contribution is 2.35. The summed E-state index contributed by atoms with van der Waals surface area (Å²) in [5, 5.41) is 2.45. The molecule has 0 unspecified atom stereocenters. The van der Waals surface area contributed by atoms with Crippen molar-refractivity contribution in [2.45, 2.75) is 13.5 Å². The predicted octanol–water partition coefficient (Wildman–Crippen LogP) is 6.37. The predicted molar refractivity (Wildman–Crippen MR) is 128 cm³/mol. The molecule has 0 atom stereocenters. The molecule has 0 saturated carbocycles. The number of primary amides is 1. The van der Waals surface area contributed by atoms with E-state index in [-0.39, 0.29) is 0 Å². The van der Waals surface area contributed by atoms with Crippen LogP contribution in [0.3, 0.4) is 0 Å². The third-order valence-corrected chi connectivity index (χ3v) is 5.95. The van der Waals surface area contributed by atoms with Gasteiger partial charge in [-0.15, -0.1) is 0 Å². The fraction of sp³-hybridized carbons (Fsp3) is 0.0741. The highest BCUT2D eigenvalue weighted by molar-refractivity contribution is 6.30. The summed E-state index contributed by atoms with van der Waals surface area (Å²) in [5.41, 5.74) is 12.7. The fourth-order valence-corrected chi connectivity index (χ4v) is 4.24. The van der Waals surface area contributed by atoms with Crippen LogP contribution in [0.5, 0.6) is 0 Å². The molecule has 4 aromatic carbocycles. The van der Waals surface area contributed by atoms with Gasteiger partial charge in [-0.1, -0.05) is 59.6 Å². The Balaban J connectivity index is 1.78. The van der Waals surface area contributed by atoms with Gasteiger partial charge < -0.3 is 10.3 Å². The minimum atomic E-state index is -0.435. The summed E-state index contributed by atoms with van der Waals surface area (Å²) in [6.45, 7) is 2.76. The Bertz CT molecular complexity index is 1430. The molecule has 2 N–H and O–H groups in total. The molecule has 0 aliphatic carbocycles. The second kappa shape index (κ2) is 7.60. The largest absolute Gasteiger partial charge is 0.366 e. The van der Waals surface area contributed by atoms with Gasteiger partial charge in [-0.05, 0) is 66.1 Å². The Morgan fingerprint density at radius 3 is 2.42 bits per heavy atom. The van der Waals surface area contributed by atoms with Crippen molar-refractivity contribution in [3.8, 4) is 11.1 Å². The van der Waals surface area contributed by atoms with E-state index >= 15 is 0 Å². The average molecular weight is 424 g/mol. The van der Waals surface area contributed by atoms with E-state index in [1.165, 1.54) is 11.1 Å². The van der Waals surface area contributed by atoms with E-state index in [0.29, 0.717) is 17.1 Å². The van der Waals surface area contributed by atoms with Gasteiger partial charge in [-0.25, -0.2) is 0 Å². The quantitative estimate of drug-likeness (QED) is 0.358. The zero-order valence-corrected chi connectivity index (χ0v) is 17.8. The van der Waals surface area contributed by atoms with Crippen molar-refractivity contribution >= 4 is 39.3 Å². The number of amides is 1. The van der Waals surface area contributed by atoms with Gasteiger partial charge in [0.2, 0.25) is 5.91 Å². The molecule has 0 saturated heterocycles. The summed E-state index contributed by atoms with van der Waals surface area (Å²) < 4.78 is 2.23. The van der Waals surface area contributed by atoms with Crippen molar-refractivity contribution in [1.82, 2.24) is 4.57 Å². The first kappa shape index (κ1) is 19.4. The van der Waals surface area contributed by atoms with Crippen LogP contribution < -0.4 is 5.73 Å². The van der Waals surface area contributed by atoms with Gasteiger partial charge in [0.05, 0.1) is 11.0 Å². The first-order chi connectivity index (χ1) is 15.0. The van der Waals surface area contributed by atoms with Crippen LogP contribution in [-0.4, -0.2) is 10.5 Å². The number of aryl methyl sites for hydroxylation is 1. The maximum absolute atomic E-state index is 12.2. The van der Waals surface area contributed by atoms with Crippen LogP contribution in [0.2, 0.25) is 5.02 Å². The molecule has 3 nitrogen and oxygen atoms in total. The number of hydrogen-bond acceptors (Lipinski definition) is 1. The van der Waals surface area contributed by atoms with Gasteiger partial charge in [0, 0.05) is 27.9 Å². The molecule has 5 aromatic rings. The number of nitrogens with two attached hydrogens (primary N) is 1. The molecule has 4 heteroatoms. The van der Waals surface area contributed by atoms with Crippen LogP contribution in [0.1, 0.15) is 21.5 Å². The molecular formula is C27H20ClN2O. The number of benzene rings is 4. The van der Waals surface area contributed by atoms with Gasteiger partial charge in [-0.3, -0.25) is 4.79 Å². The van der Waals surface area contributed by atoms with Crippen LogP contribution >= 0.6 is 11.6 Å². The summed E-state index contributed by atoms with van der Waals surface area (Å²) in [6, 6.07) is 29.5. The van der Waals surface area contributed by atoms with E-state index in [4.69, 9.17) is 17.3 Å². The number of fused-ring (bicyclic) bond motifs is 3. The maximum Gasteiger partial charge on any atom is 0.249 e. The highest BCUT2D eigenvalue weighted by Gasteiger charge is 2.17. The Labute approximate surface area is 185 Å². The van der Waals surface area contributed by atoms with Crippen molar-refractivity contribution in [1.29, 1.82) is 0 Å². The average Bonchev–Trinajstić information content (AvgIpc) is 3.09. The molecule has 0 spiro atoms. The Morgan fingerprint density at radius 2 is 1.71 bits per heavy atom. The highest BCUT2D eigenvalue weighted by atomic mass is 35.5. The third-order valence-electron chi connectivity index (χ3n) is 5.70. The SMILES string of the molecule is Cc1ccc(Cn2c3cc(-c4ccc(Cl)cc4)c[c]c3c3c(C(N)=O)cccc32)cc1. The summed E-state index contributed by atoms with van der Waals surface area (Å²) >= 11 is 6.07. The monoisotopic (exact) mass is 423 g/mol. The van der Waals surface area contributed by atoms with Crippen molar-refractivity contribution in [3.63, 3.8) is 0 Å². The van der Waals surface area contributed by atoms with Gasteiger partial charge in [0.25, 0.3) is 0 Å². The van der Waals surface area contributed by atoms with E-state index in [1.807, 2.05) is 42.5 Å². The topological polar surface area (TPSA) is 48.0 Å². The summed E-state index contributed by atoms with van der Waals surface area (Å²) in [4.78, 5) is 12.2. The number of carbonyl (C=O) groups excluding carboxylic acids is 1. The molecule has 151 valence electrons. The van der Waals surface area contributed by atoms with Crippen molar-refractivity contribution in [2.24, 2.45) is 5.73 Å². The Kier molecular flexibility index (Phi) is 4.76. The molecule has 0 aliphatic heterocycles. The Morgan fingerprint density at radius 1 is 0.968 bits per heavy atom. The van der Waals surface area contributed by atoms with Crippen molar-refractivity contribution < 1.29 is 4.79 Å². The van der Waals surface area contributed by atoms with Gasteiger partial charge in [-0.2, -0.15) is 0 Å². The minimum Gasteiger partial charge on any atom is -0.366 e. The smallest absolute Gasteiger partial charge is 0.249 e. The second-order valence-corrected chi connectivity index (χ2v) is 8.23. The Hall–Kier alpha value is -3.56. The number of nitrogens with zero attached hydrogens (tertiary/aromatic N) is 1. The molecule has 1 radical (unpaired) electrons. The molecule has 31 heavy (non-hydrogen) atoms. The van der Waals surface area contributed by atoms with E-state index in [0.717, 1.165) is 32.9 Å². The lowest BCUT2D eigenvalue weighted by atomic mass is 10.0. The maximum atomic E-state index is 12.2. The van der Waals surface area contributed by atoms with E-state index in [1.54, 1.807) is 6.07 Å². The van der Waals surface area contributed by atoms with Crippen LogP contribution in [0.25, 0.3) is 32.9 Å². The fourth-order valence-electron chi connectivity index (χ4n) is 4.12. The molecule has 5 rings (SSSR count).